The van der Waals surface area contributed by atoms with E-state index in [1.54, 1.807) is 7.11 Å². The molecule has 0 aromatic heterocycles. The predicted molar refractivity (Wildman–Crippen MR) is 84.2 cm³/mol. The van der Waals surface area contributed by atoms with Crippen LogP contribution in [0.25, 0.3) is 10.8 Å². The predicted octanol–water partition coefficient (Wildman–Crippen LogP) is 4.13. The Labute approximate surface area is 121 Å². The van der Waals surface area contributed by atoms with E-state index in [-0.39, 0.29) is 0 Å². The first-order valence-corrected chi connectivity index (χ1v) is 7.64. The maximum Gasteiger partial charge on any atom is 0.123 e. The highest BCUT2D eigenvalue weighted by Crippen LogP contribution is 2.33. The van der Waals surface area contributed by atoms with Crippen molar-refractivity contribution in [2.45, 2.75) is 32.2 Å². The summed E-state index contributed by atoms with van der Waals surface area (Å²) in [6.45, 7) is 1.98. The maximum absolute atomic E-state index is 5.52. The van der Waals surface area contributed by atoms with Gasteiger partial charge in [-0.3, -0.25) is 0 Å². The van der Waals surface area contributed by atoms with E-state index >= 15 is 0 Å². The van der Waals surface area contributed by atoms with E-state index in [1.807, 2.05) is 0 Å². The zero-order chi connectivity index (χ0) is 13.8. The Bertz CT molecular complexity index is 575. The van der Waals surface area contributed by atoms with E-state index in [4.69, 9.17) is 4.74 Å². The third-order valence-corrected chi connectivity index (χ3v) is 4.18. The third-order valence-electron chi connectivity index (χ3n) is 4.18. The first kappa shape index (κ1) is 13.4. The Morgan fingerprint density at radius 1 is 1.15 bits per heavy atom. The molecule has 1 fully saturated rings. The second-order valence-electron chi connectivity index (χ2n) is 5.73. The molecular weight excluding hydrogens is 246 g/mol. The molecule has 1 N–H and O–H groups in total. The summed E-state index contributed by atoms with van der Waals surface area (Å²) in [5, 5.41) is 6.15. The molecule has 0 aliphatic heterocycles. The second kappa shape index (κ2) is 6.27. The summed E-state index contributed by atoms with van der Waals surface area (Å²) in [4.78, 5) is 0. The van der Waals surface area contributed by atoms with Gasteiger partial charge in [-0.05, 0) is 42.1 Å². The summed E-state index contributed by atoms with van der Waals surface area (Å²) in [5.41, 5.74) is 1.28. The Morgan fingerprint density at radius 2 is 2.00 bits per heavy atom. The number of hydrogen-bond donors (Lipinski definition) is 1. The average molecular weight is 269 g/mol. The zero-order valence-electron chi connectivity index (χ0n) is 12.2. The molecule has 1 aliphatic rings. The van der Waals surface area contributed by atoms with Crippen LogP contribution in [0.2, 0.25) is 0 Å². The molecule has 0 heterocycles. The summed E-state index contributed by atoms with van der Waals surface area (Å²) in [7, 11) is 1.75. The van der Waals surface area contributed by atoms with Gasteiger partial charge < -0.3 is 10.1 Å². The molecule has 3 rings (SSSR count). The van der Waals surface area contributed by atoms with Gasteiger partial charge in [0, 0.05) is 12.1 Å². The van der Waals surface area contributed by atoms with Gasteiger partial charge in [0.1, 0.15) is 5.75 Å². The van der Waals surface area contributed by atoms with E-state index in [0.29, 0.717) is 0 Å². The lowest BCUT2D eigenvalue weighted by Crippen LogP contribution is -2.15. The molecule has 2 heteroatoms. The van der Waals surface area contributed by atoms with Crippen LogP contribution in [0.3, 0.4) is 0 Å². The van der Waals surface area contributed by atoms with Gasteiger partial charge in [0.25, 0.3) is 0 Å². The van der Waals surface area contributed by atoms with Crippen molar-refractivity contribution in [3.05, 3.63) is 42.0 Å². The molecule has 0 unspecified atom stereocenters. The molecule has 0 amide bonds. The van der Waals surface area contributed by atoms with Gasteiger partial charge in [-0.1, -0.05) is 43.2 Å². The first-order valence-electron chi connectivity index (χ1n) is 7.64. The van der Waals surface area contributed by atoms with E-state index in [2.05, 4.69) is 41.7 Å². The van der Waals surface area contributed by atoms with Gasteiger partial charge in [-0.25, -0.2) is 0 Å². The first-order chi connectivity index (χ1) is 9.88. The summed E-state index contributed by atoms with van der Waals surface area (Å²) in [6.07, 6.45) is 5.59. The highest BCUT2D eigenvalue weighted by Gasteiger charge is 2.19. The molecule has 2 nitrogen and oxygen atoms in total. The number of rotatable bonds is 7. The van der Waals surface area contributed by atoms with Crippen LogP contribution in [-0.2, 0) is 6.54 Å². The van der Waals surface area contributed by atoms with Crippen molar-refractivity contribution in [2.24, 2.45) is 5.92 Å². The van der Waals surface area contributed by atoms with Crippen LogP contribution in [0, 0.1) is 5.92 Å². The summed E-state index contributed by atoms with van der Waals surface area (Å²) in [6, 6.07) is 12.7. The normalized spacial score (nSPS) is 14.7. The van der Waals surface area contributed by atoms with Crippen molar-refractivity contribution < 1.29 is 4.74 Å². The van der Waals surface area contributed by atoms with Crippen molar-refractivity contribution >= 4 is 10.8 Å². The number of fused-ring (bicyclic) bond motifs is 1. The minimum atomic E-state index is 0.884. The van der Waals surface area contributed by atoms with Gasteiger partial charge in [0.05, 0.1) is 7.11 Å². The van der Waals surface area contributed by atoms with Crippen LogP contribution in [0.15, 0.2) is 36.4 Å². The number of hydrogen-bond acceptors (Lipinski definition) is 2. The Balaban J connectivity index is 1.67. The van der Waals surface area contributed by atoms with Gasteiger partial charge in [-0.15, -0.1) is 0 Å². The SMILES string of the molecule is COc1ccc2ccccc2c1CNCCCC1CC1. The maximum atomic E-state index is 5.52. The number of benzene rings is 2. The van der Waals surface area contributed by atoms with Crippen LogP contribution >= 0.6 is 0 Å². The van der Waals surface area contributed by atoms with Crippen molar-refractivity contribution in [1.82, 2.24) is 5.32 Å². The zero-order valence-corrected chi connectivity index (χ0v) is 12.2. The fraction of sp³-hybridized carbons (Fsp3) is 0.444. The standard InChI is InChI=1S/C18H23NO/c1-20-18-11-10-15-6-2-3-7-16(15)17(18)13-19-12-4-5-14-8-9-14/h2-3,6-7,10-11,14,19H,4-5,8-9,12-13H2,1H3. The van der Waals surface area contributed by atoms with E-state index in [0.717, 1.165) is 24.8 Å². The van der Waals surface area contributed by atoms with Crippen LogP contribution < -0.4 is 10.1 Å². The van der Waals surface area contributed by atoms with Gasteiger partial charge in [-0.2, -0.15) is 0 Å². The molecule has 2 aromatic carbocycles. The number of methoxy groups -OCH3 is 1. The topological polar surface area (TPSA) is 21.3 Å². The minimum absolute atomic E-state index is 0.884. The largest absolute Gasteiger partial charge is 0.496 e. The quantitative estimate of drug-likeness (QED) is 0.763. The molecule has 0 bridgehead atoms. The Morgan fingerprint density at radius 3 is 2.80 bits per heavy atom. The fourth-order valence-electron chi connectivity index (χ4n) is 2.83. The molecule has 0 atom stereocenters. The summed E-state index contributed by atoms with van der Waals surface area (Å²) < 4.78 is 5.52. The molecule has 0 radical (unpaired) electrons. The lowest BCUT2D eigenvalue weighted by atomic mass is 10.0. The molecule has 1 saturated carbocycles. The smallest absolute Gasteiger partial charge is 0.123 e. The van der Waals surface area contributed by atoms with Crippen molar-refractivity contribution in [1.29, 1.82) is 0 Å². The van der Waals surface area contributed by atoms with E-state index in [1.165, 1.54) is 42.0 Å². The van der Waals surface area contributed by atoms with Crippen LogP contribution in [0.1, 0.15) is 31.2 Å². The molecule has 1 aliphatic carbocycles. The molecule has 20 heavy (non-hydrogen) atoms. The van der Waals surface area contributed by atoms with Crippen molar-refractivity contribution in [2.75, 3.05) is 13.7 Å². The molecule has 0 spiro atoms. The Kier molecular flexibility index (Phi) is 4.22. The lowest BCUT2D eigenvalue weighted by Gasteiger charge is -2.13. The van der Waals surface area contributed by atoms with Crippen molar-refractivity contribution in [3.8, 4) is 5.75 Å². The summed E-state index contributed by atoms with van der Waals surface area (Å²) in [5.74, 6) is 2.02. The second-order valence-corrected chi connectivity index (χ2v) is 5.73. The number of nitrogens with one attached hydrogen (secondary N) is 1. The number of ether oxygens (including phenoxy) is 1. The Hall–Kier alpha value is -1.54. The van der Waals surface area contributed by atoms with Gasteiger partial charge in [0.15, 0.2) is 0 Å². The van der Waals surface area contributed by atoms with Crippen LogP contribution in [0.4, 0.5) is 0 Å². The van der Waals surface area contributed by atoms with Crippen LogP contribution in [0.5, 0.6) is 5.75 Å². The van der Waals surface area contributed by atoms with E-state index in [9.17, 15) is 0 Å². The third kappa shape index (κ3) is 3.13. The van der Waals surface area contributed by atoms with E-state index < -0.39 is 0 Å². The highest BCUT2D eigenvalue weighted by atomic mass is 16.5. The lowest BCUT2D eigenvalue weighted by molar-refractivity contribution is 0.408. The molecular formula is C18H23NO. The van der Waals surface area contributed by atoms with Gasteiger partial charge >= 0.3 is 0 Å². The van der Waals surface area contributed by atoms with Crippen molar-refractivity contribution in [3.63, 3.8) is 0 Å². The minimum Gasteiger partial charge on any atom is -0.496 e. The average Bonchev–Trinajstić information content (AvgIpc) is 3.31. The van der Waals surface area contributed by atoms with Crippen LogP contribution in [-0.4, -0.2) is 13.7 Å². The molecule has 0 saturated heterocycles. The highest BCUT2D eigenvalue weighted by molar-refractivity contribution is 5.87. The monoisotopic (exact) mass is 269 g/mol. The fourth-order valence-corrected chi connectivity index (χ4v) is 2.83. The summed E-state index contributed by atoms with van der Waals surface area (Å²) >= 11 is 0. The molecule has 106 valence electrons. The molecule has 2 aromatic rings. The van der Waals surface area contributed by atoms with Gasteiger partial charge in [0.2, 0.25) is 0 Å².